The van der Waals surface area contributed by atoms with Crippen molar-refractivity contribution in [2.45, 2.75) is 26.3 Å². The second kappa shape index (κ2) is 6.06. The number of hydrogen-bond donors (Lipinski definition) is 1. The van der Waals surface area contributed by atoms with Crippen molar-refractivity contribution < 1.29 is 5.32 Å². The lowest BCUT2D eigenvalue weighted by Crippen LogP contribution is -2.82. The second-order valence-corrected chi connectivity index (χ2v) is 5.43. The molecule has 2 N–H and O–H groups in total. The topological polar surface area (TPSA) is 16.6 Å². The fourth-order valence-corrected chi connectivity index (χ4v) is 2.92. The zero-order valence-electron chi connectivity index (χ0n) is 12.1. The summed E-state index contributed by atoms with van der Waals surface area (Å²) < 4.78 is 0. The van der Waals surface area contributed by atoms with Gasteiger partial charge in [0.15, 0.2) is 0 Å². The van der Waals surface area contributed by atoms with E-state index in [1.54, 1.807) is 0 Å². The minimum absolute atomic E-state index is 1.07. The van der Waals surface area contributed by atoms with Crippen LogP contribution >= 0.6 is 0 Å². The minimum atomic E-state index is 1.07. The molecule has 3 rings (SSSR count). The molecule has 0 saturated carbocycles. The number of fused-ring (bicyclic) bond motifs is 2. The number of benzene rings is 3. The molecule has 0 heterocycles. The van der Waals surface area contributed by atoms with Gasteiger partial charge in [0.25, 0.3) is 0 Å². The molecule has 0 aliphatic carbocycles. The van der Waals surface area contributed by atoms with Crippen molar-refractivity contribution in [2.24, 2.45) is 0 Å². The summed E-state index contributed by atoms with van der Waals surface area (Å²) in [5.41, 5.74) is 1.48. The van der Waals surface area contributed by atoms with Crippen LogP contribution < -0.4 is 5.32 Å². The predicted octanol–water partition coefficient (Wildman–Crippen LogP) is 3.86. The van der Waals surface area contributed by atoms with E-state index in [4.69, 9.17) is 0 Å². The molecule has 0 saturated heterocycles. The zero-order valence-corrected chi connectivity index (χ0v) is 12.1. The molecule has 20 heavy (non-hydrogen) atoms. The van der Waals surface area contributed by atoms with Gasteiger partial charge in [0.05, 0.1) is 6.54 Å². The van der Waals surface area contributed by atoms with Crippen LogP contribution in [0.4, 0.5) is 0 Å². The van der Waals surface area contributed by atoms with Crippen molar-refractivity contribution in [2.75, 3.05) is 6.54 Å². The lowest BCUT2D eigenvalue weighted by Gasteiger charge is -2.10. The monoisotopic (exact) mass is 264 g/mol. The number of rotatable bonds is 5. The molecule has 0 atom stereocenters. The van der Waals surface area contributed by atoms with Crippen molar-refractivity contribution in [3.05, 3.63) is 60.2 Å². The highest BCUT2D eigenvalue weighted by Crippen LogP contribution is 2.27. The highest BCUT2D eigenvalue weighted by Gasteiger charge is 2.08. The predicted molar refractivity (Wildman–Crippen MR) is 86.9 cm³/mol. The van der Waals surface area contributed by atoms with E-state index < -0.39 is 0 Å². The smallest absolute Gasteiger partial charge is 0.102 e. The lowest BCUT2D eigenvalue weighted by molar-refractivity contribution is -0.670. The molecule has 0 spiro atoms. The van der Waals surface area contributed by atoms with Crippen LogP contribution in [-0.2, 0) is 6.54 Å². The summed E-state index contributed by atoms with van der Waals surface area (Å²) in [5, 5.41) is 7.95. The van der Waals surface area contributed by atoms with E-state index in [1.807, 2.05) is 0 Å². The first-order valence-electron chi connectivity index (χ1n) is 7.61. The van der Waals surface area contributed by atoms with E-state index in [2.05, 4.69) is 66.8 Å². The second-order valence-electron chi connectivity index (χ2n) is 5.43. The molecule has 3 aromatic carbocycles. The SMILES string of the molecule is CCCC[NH2+]Cc1c2ccccc2cc2ccccc12. The summed E-state index contributed by atoms with van der Waals surface area (Å²) in [4.78, 5) is 0. The van der Waals surface area contributed by atoms with Crippen molar-refractivity contribution in [3.8, 4) is 0 Å². The molecule has 0 unspecified atom stereocenters. The molecule has 0 radical (unpaired) electrons. The van der Waals surface area contributed by atoms with E-state index in [0.29, 0.717) is 0 Å². The Kier molecular flexibility index (Phi) is 3.98. The van der Waals surface area contributed by atoms with Gasteiger partial charge < -0.3 is 5.32 Å². The Hall–Kier alpha value is -1.86. The van der Waals surface area contributed by atoms with E-state index in [9.17, 15) is 0 Å². The van der Waals surface area contributed by atoms with E-state index in [1.165, 1.54) is 46.5 Å². The number of nitrogens with two attached hydrogens (primary N) is 1. The van der Waals surface area contributed by atoms with Crippen molar-refractivity contribution in [1.82, 2.24) is 0 Å². The van der Waals surface area contributed by atoms with Crippen molar-refractivity contribution in [1.29, 1.82) is 0 Å². The van der Waals surface area contributed by atoms with Crippen LogP contribution in [0.2, 0.25) is 0 Å². The summed E-state index contributed by atoms with van der Waals surface area (Å²) in [5.74, 6) is 0. The third-order valence-electron chi connectivity index (χ3n) is 3.99. The molecule has 3 aromatic rings. The zero-order chi connectivity index (χ0) is 13.8. The molecule has 0 aliphatic heterocycles. The average molecular weight is 264 g/mol. The summed E-state index contributed by atoms with van der Waals surface area (Å²) in [6.07, 6.45) is 2.56. The highest BCUT2D eigenvalue weighted by atomic mass is 14.8. The van der Waals surface area contributed by atoms with Gasteiger partial charge in [0.2, 0.25) is 0 Å². The molecule has 1 nitrogen and oxygen atoms in total. The molecule has 0 aliphatic rings. The Labute approximate surface area is 120 Å². The maximum Gasteiger partial charge on any atom is 0.102 e. The Balaban J connectivity index is 2.08. The third-order valence-corrected chi connectivity index (χ3v) is 3.99. The molecular formula is C19H22N+. The van der Waals surface area contributed by atoms with Crippen LogP contribution in [0.1, 0.15) is 25.3 Å². The normalized spacial score (nSPS) is 11.2. The van der Waals surface area contributed by atoms with Gasteiger partial charge >= 0.3 is 0 Å². The molecule has 0 bridgehead atoms. The Morgan fingerprint density at radius 2 is 1.45 bits per heavy atom. The van der Waals surface area contributed by atoms with Crippen LogP contribution in [0.15, 0.2) is 54.6 Å². The van der Waals surface area contributed by atoms with Gasteiger partial charge in [-0.25, -0.2) is 0 Å². The summed E-state index contributed by atoms with van der Waals surface area (Å²) >= 11 is 0. The summed E-state index contributed by atoms with van der Waals surface area (Å²) in [6.45, 7) is 4.54. The molecule has 0 fully saturated rings. The van der Waals surface area contributed by atoms with Crippen molar-refractivity contribution in [3.63, 3.8) is 0 Å². The number of unbranched alkanes of at least 4 members (excludes halogenated alkanes) is 1. The first-order chi connectivity index (χ1) is 9.90. The van der Waals surface area contributed by atoms with Gasteiger partial charge in [-0.2, -0.15) is 0 Å². The third kappa shape index (κ3) is 2.54. The fourth-order valence-electron chi connectivity index (χ4n) is 2.92. The van der Waals surface area contributed by atoms with Crippen LogP contribution in [-0.4, -0.2) is 6.54 Å². The number of hydrogen-bond acceptors (Lipinski definition) is 0. The largest absolute Gasteiger partial charge is 0.342 e. The van der Waals surface area contributed by atoms with Crippen LogP contribution in [0, 0.1) is 0 Å². The molecule has 1 heteroatoms. The van der Waals surface area contributed by atoms with Crippen molar-refractivity contribution >= 4 is 21.5 Å². The first kappa shape index (κ1) is 13.1. The molecular weight excluding hydrogens is 242 g/mol. The molecule has 0 aromatic heterocycles. The van der Waals surface area contributed by atoms with Crippen LogP contribution in [0.3, 0.4) is 0 Å². The van der Waals surface area contributed by atoms with Gasteiger partial charge in [-0.1, -0.05) is 61.9 Å². The maximum absolute atomic E-state index is 2.44. The fraction of sp³-hybridized carbons (Fsp3) is 0.263. The Bertz CT molecular complexity index is 661. The number of quaternary nitrogens is 1. The van der Waals surface area contributed by atoms with Gasteiger partial charge in [-0.3, -0.25) is 0 Å². The molecule has 102 valence electrons. The van der Waals surface area contributed by atoms with Gasteiger partial charge in [0, 0.05) is 5.56 Å². The first-order valence-corrected chi connectivity index (χ1v) is 7.61. The maximum atomic E-state index is 2.44. The van der Waals surface area contributed by atoms with Crippen LogP contribution in [0.5, 0.6) is 0 Å². The van der Waals surface area contributed by atoms with Crippen LogP contribution in [0.25, 0.3) is 21.5 Å². The summed E-state index contributed by atoms with van der Waals surface area (Å²) in [6, 6.07) is 19.8. The lowest BCUT2D eigenvalue weighted by atomic mass is 9.97. The standard InChI is InChI=1S/C19H21N/c1-2-3-12-20-14-19-17-10-6-4-8-15(17)13-16-9-5-7-11-18(16)19/h4-11,13,20H,2-3,12,14H2,1H3/p+1. The van der Waals surface area contributed by atoms with E-state index in [-0.39, 0.29) is 0 Å². The molecule has 0 amide bonds. The average Bonchev–Trinajstić information content (AvgIpc) is 2.50. The highest BCUT2D eigenvalue weighted by molar-refractivity contribution is 6.02. The summed E-state index contributed by atoms with van der Waals surface area (Å²) in [7, 11) is 0. The van der Waals surface area contributed by atoms with Gasteiger partial charge in [0.1, 0.15) is 6.54 Å². The Morgan fingerprint density at radius 3 is 2.05 bits per heavy atom. The Morgan fingerprint density at radius 1 is 0.850 bits per heavy atom. The van der Waals surface area contributed by atoms with Gasteiger partial charge in [-0.05, 0) is 34.0 Å². The quantitative estimate of drug-likeness (QED) is 0.532. The van der Waals surface area contributed by atoms with E-state index in [0.717, 1.165) is 6.54 Å². The van der Waals surface area contributed by atoms with Gasteiger partial charge in [-0.15, -0.1) is 0 Å². The van der Waals surface area contributed by atoms with E-state index >= 15 is 0 Å². The minimum Gasteiger partial charge on any atom is -0.342 e.